The third-order valence-corrected chi connectivity index (χ3v) is 4.99. The van der Waals surface area contributed by atoms with Crippen LogP contribution in [0.5, 0.6) is 0 Å². The Morgan fingerprint density at radius 1 is 1.07 bits per heavy atom. The van der Waals surface area contributed by atoms with E-state index in [1.54, 1.807) is 42.7 Å². The summed E-state index contributed by atoms with van der Waals surface area (Å²) in [5, 5.41) is 0.453. The van der Waals surface area contributed by atoms with Crippen molar-refractivity contribution in [2.75, 3.05) is 5.73 Å². The van der Waals surface area contributed by atoms with Crippen LogP contribution < -0.4 is 11.2 Å². The van der Waals surface area contributed by atoms with E-state index in [-0.39, 0.29) is 5.43 Å². The largest absolute Gasteiger partial charge is 0.460 e. The summed E-state index contributed by atoms with van der Waals surface area (Å²) in [6.45, 7) is 0.441. The van der Waals surface area contributed by atoms with Crippen LogP contribution in [0.25, 0.3) is 33.3 Å². The molecule has 0 atom stereocenters. The maximum atomic E-state index is 13.9. The molecule has 30 heavy (non-hydrogen) atoms. The molecule has 3 aromatic heterocycles. The predicted molar refractivity (Wildman–Crippen MR) is 111 cm³/mol. The Balaban J connectivity index is 1.63. The summed E-state index contributed by atoms with van der Waals surface area (Å²) in [6, 6.07) is 13.0. The van der Waals surface area contributed by atoms with E-state index in [2.05, 4.69) is 15.0 Å². The zero-order chi connectivity index (χ0) is 20.7. The van der Waals surface area contributed by atoms with Crippen molar-refractivity contribution in [3.05, 3.63) is 83.0 Å². The third kappa shape index (κ3) is 2.98. The molecule has 0 amide bonds. The Bertz CT molecular complexity index is 1460. The maximum Gasteiger partial charge on any atom is 0.200 e. The first-order valence-corrected chi connectivity index (χ1v) is 9.34. The molecular formula is C22H16FN5O2. The molecule has 5 aromatic rings. The van der Waals surface area contributed by atoms with Gasteiger partial charge in [-0.15, -0.1) is 0 Å². The van der Waals surface area contributed by atoms with Gasteiger partial charge in [0.2, 0.25) is 5.43 Å². The van der Waals surface area contributed by atoms with Crippen LogP contribution in [0.15, 0.2) is 70.4 Å². The van der Waals surface area contributed by atoms with Gasteiger partial charge in [0.1, 0.15) is 29.0 Å². The SMILES string of the molecule is Nc1ncnc2c1ncn2CCc1oc2ccccc2c(=O)c1-c1cccc(F)c1. The number of nitrogens with zero attached hydrogens (tertiary/aromatic N) is 4. The van der Waals surface area contributed by atoms with Crippen LogP contribution in [-0.2, 0) is 13.0 Å². The fourth-order valence-electron chi connectivity index (χ4n) is 3.58. The van der Waals surface area contributed by atoms with Gasteiger partial charge in [0.15, 0.2) is 11.5 Å². The molecule has 0 aliphatic carbocycles. The Labute approximate surface area is 169 Å². The fraction of sp³-hybridized carbons (Fsp3) is 0.0909. The molecule has 8 heteroatoms. The number of anilines is 1. The highest BCUT2D eigenvalue weighted by Gasteiger charge is 2.17. The lowest BCUT2D eigenvalue weighted by molar-refractivity contribution is 0.516. The quantitative estimate of drug-likeness (QED) is 0.494. The minimum Gasteiger partial charge on any atom is -0.460 e. The van der Waals surface area contributed by atoms with Gasteiger partial charge in [-0.05, 0) is 29.8 Å². The van der Waals surface area contributed by atoms with Crippen LogP contribution in [-0.4, -0.2) is 19.5 Å². The van der Waals surface area contributed by atoms with Gasteiger partial charge in [0.25, 0.3) is 0 Å². The monoisotopic (exact) mass is 401 g/mol. The molecule has 0 saturated heterocycles. The minimum atomic E-state index is -0.418. The molecule has 148 valence electrons. The second-order valence-electron chi connectivity index (χ2n) is 6.85. The van der Waals surface area contributed by atoms with Gasteiger partial charge in [-0.3, -0.25) is 4.79 Å². The van der Waals surface area contributed by atoms with Crippen LogP contribution in [0.4, 0.5) is 10.2 Å². The van der Waals surface area contributed by atoms with Crippen molar-refractivity contribution in [1.29, 1.82) is 0 Å². The zero-order valence-corrected chi connectivity index (χ0v) is 15.7. The highest BCUT2D eigenvalue weighted by molar-refractivity contribution is 5.83. The number of para-hydroxylation sites is 1. The van der Waals surface area contributed by atoms with Crippen LogP contribution in [0.3, 0.4) is 0 Å². The lowest BCUT2D eigenvalue weighted by Crippen LogP contribution is -2.11. The van der Waals surface area contributed by atoms with E-state index in [9.17, 15) is 9.18 Å². The molecule has 0 bridgehead atoms. The summed E-state index contributed by atoms with van der Waals surface area (Å²) in [7, 11) is 0. The first-order valence-electron chi connectivity index (χ1n) is 9.34. The van der Waals surface area contributed by atoms with Gasteiger partial charge in [0, 0.05) is 13.0 Å². The molecule has 0 aliphatic rings. The first-order chi connectivity index (χ1) is 14.6. The lowest BCUT2D eigenvalue weighted by atomic mass is 10.0. The van der Waals surface area contributed by atoms with Crippen molar-refractivity contribution in [3.8, 4) is 11.1 Å². The molecule has 5 rings (SSSR count). The van der Waals surface area contributed by atoms with Gasteiger partial charge in [-0.1, -0.05) is 24.3 Å². The maximum absolute atomic E-state index is 13.9. The predicted octanol–water partition coefficient (Wildman–Crippen LogP) is 3.56. The molecule has 3 heterocycles. The lowest BCUT2D eigenvalue weighted by Gasteiger charge is -2.11. The zero-order valence-electron chi connectivity index (χ0n) is 15.7. The fourth-order valence-corrected chi connectivity index (χ4v) is 3.58. The van der Waals surface area contributed by atoms with Gasteiger partial charge in [0.05, 0.1) is 17.3 Å². The molecule has 2 N–H and O–H groups in total. The highest BCUT2D eigenvalue weighted by atomic mass is 19.1. The van der Waals surface area contributed by atoms with Gasteiger partial charge in [-0.25, -0.2) is 19.3 Å². The van der Waals surface area contributed by atoms with Gasteiger partial charge < -0.3 is 14.7 Å². The van der Waals surface area contributed by atoms with E-state index in [1.165, 1.54) is 18.5 Å². The number of hydrogen-bond donors (Lipinski definition) is 1. The Morgan fingerprint density at radius 3 is 2.80 bits per heavy atom. The average Bonchev–Trinajstić information content (AvgIpc) is 3.17. The summed E-state index contributed by atoms with van der Waals surface area (Å²) in [5.74, 6) is 0.350. The number of aryl methyl sites for hydroxylation is 2. The molecule has 0 saturated carbocycles. The standard InChI is InChI=1S/C22H16FN5O2/c23-14-5-3-4-13(10-14)18-17(30-16-7-2-1-6-15(16)20(18)29)8-9-28-12-27-19-21(24)25-11-26-22(19)28/h1-7,10-12H,8-9H2,(H2,24,25,26). The minimum absolute atomic E-state index is 0.195. The topological polar surface area (TPSA) is 99.8 Å². The summed E-state index contributed by atoms with van der Waals surface area (Å²) in [4.78, 5) is 25.7. The molecule has 0 aliphatic heterocycles. The van der Waals surface area contributed by atoms with Crippen molar-refractivity contribution in [2.24, 2.45) is 0 Å². The highest BCUT2D eigenvalue weighted by Crippen LogP contribution is 2.26. The molecule has 0 radical (unpaired) electrons. The van der Waals surface area contributed by atoms with E-state index in [0.717, 1.165) is 0 Å². The van der Waals surface area contributed by atoms with Crippen LogP contribution in [0, 0.1) is 5.82 Å². The number of benzene rings is 2. The molecular weight excluding hydrogens is 385 g/mol. The Kier molecular flexibility index (Phi) is 4.24. The molecule has 2 aromatic carbocycles. The second kappa shape index (κ2) is 7.07. The molecule has 0 fully saturated rings. The van der Waals surface area contributed by atoms with E-state index < -0.39 is 5.82 Å². The van der Waals surface area contributed by atoms with Crippen LogP contribution in [0.2, 0.25) is 0 Å². The number of halogens is 1. The Morgan fingerprint density at radius 2 is 1.93 bits per heavy atom. The molecule has 7 nitrogen and oxygen atoms in total. The number of fused-ring (bicyclic) bond motifs is 2. The summed E-state index contributed by atoms with van der Waals surface area (Å²) in [6.07, 6.45) is 3.38. The number of aromatic nitrogens is 4. The molecule has 0 unspecified atom stereocenters. The Hall–Kier alpha value is -4.07. The van der Waals surface area contributed by atoms with Crippen molar-refractivity contribution in [1.82, 2.24) is 19.5 Å². The van der Waals surface area contributed by atoms with Crippen molar-refractivity contribution in [3.63, 3.8) is 0 Å². The number of nitrogen functional groups attached to an aromatic ring is 1. The summed E-state index contributed by atoms with van der Waals surface area (Å²) < 4.78 is 21.8. The first kappa shape index (κ1) is 18.0. The van der Waals surface area contributed by atoms with Crippen LogP contribution in [0.1, 0.15) is 5.76 Å². The van der Waals surface area contributed by atoms with E-state index in [4.69, 9.17) is 10.2 Å². The summed E-state index contributed by atoms with van der Waals surface area (Å²) in [5.41, 5.74) is 8.09. The summed E-state index contributed by atoms with van der Waals surface area (Å²) >= 11 is 0. The number of nitrogens with two attached hydrogens (primary N) is 1. The van der Waals surface area contributed by atoms with Gasteiger partial charge >= 0.3 is 0 Å². The smallest absolute Gasteiger partial charge is 0.200 e. The number of rotatable bonds is 4. The van der Waals surface area contributed by atoms with Crippen LogP contribution >= 0.6 is 0 Å². The third-order valence-electron chi connectivity index (χ3n) is 4.99. The average molecular weight is 401 g/mol. The van der Waals surface area contributed by atoms with Gasteiger partial charge in [-0.2, -0.15) is 0 Å². The second-order valence-corrected chi connectivity index (χ2v) is 6.85. The van der Waals surface area contributed by atoms with E-state index in [0.29, 0.717) is 57.8 Å². The van der Waals surface area contributed by atoms with Crippen molar-refractivity contribution in [2.45, 2.75) is 13.0 Å². The molecule has 0 spiro atoms. The van der Waals surface area contributed by atoms with Crippen molar-refractivity contribution < 1.29 is 8.81 Å². The van der Waals surface area contributed by atoms with Crippen molar-refractivity contribution >= 4 is 28.0 Å². The number of imidazole rings is 1. The number of hydrogen-bond acceptors (Lipinski definition) is 6. The van der Waals surface area contributed by atoms with E-state index >= 15 is 0 Å². The normalized spacial score (nSPS) is 11.4. The van der Waals surface area contributed by atoms with E-state index in [1.807, 2.05) is 4.57 Å².